The SMILES string of the molecule is CC(C)(C)OC(=O)N1Cc2c(nc3ccnn3c2NCc2ccccc2-n2cccn2)C12CCCC2. The van der Waals surface area contributed by atoms with Crippen molar-refractivity contribution < 1.29 is 9.53 Å². The molecule has 4 aromatic rings. The number of nitrogens with one attached hydrogen (secondary N) is 1. The third-order valence-corrected chi connectivity index (χ3v) is 7.14. The molecule has 0 radical (unpaired) electrons. The molecular weight excluding hydrogens is 454 g/mol. The van der Waals surface area contributed by atoms with Crippen LogP contribution in [0.5, 0.6) is 0 Å². The number of anilines is 1. The lowest BCUT2D eigenvalue weighted by Crippen LogP contribution is -2.45. The van der Waals surface area contributed by atoms with Gasteiger partial charge in [-0.25, -0.2) is 14.5 Å². The zero-order valence-electron chi connectivity index (χ0n) is 20.9. The summed E-state index contributed by atoms with van der Waals surface area (Å²) in [5.74, 6) is 0.868. The monoisotopic (exact) mass is 485 g/mol. The molecule has 6 rings (SSSR count). The maximum atomic E-state index is 13.4. The van der Waals surface area contributed by atoms with Gasteiger partial charge in [-0.2, -0.15) is 14.7 Å². The Morgan fingerprint density at radius 2 is 1.89 bits per heavy atom. The number of amides is 1. The molecule has 1 spiro atoms. The first-order chi connectivity index (χ1) is 17.4. The van der Waals surface area contributed by atoms with E-state index in [2.05, 4.69) is 27.6 Å². The fourth-order valence-corrected chi connectivity index (χ4v) is 5.63. The molecule has 1 N–H and O–H groups in total. The highest BCUT2D eigenvalue weighted by atomic mass is 16.6. The number of carbonyl (C=O) groups is 1. The molecular formula is C27H31N7O2. The summed E-state index contributed by atoms with van der Waals surface area (Å²) in [5.41, 5.74) is 3.87. The molecule has 186 valence electrons. The highest BCUT2D eigenvalue weighted by Crippen LogP contribution is 2.51. The second-order valence-corrected chi connectivity index (χ2v) is 10.6. The van der Waals surface area contributed by atoms with Gasteiger partial charge < -0.3 is 10.1 Å². The quantitative estimate of drug-likeness (QED) is 0.435. The molecule has 0 atom stereocenters. The molecule has 2 aliphatic rings. The van der Waals surface area contributed by atoms with E-state index >= 15 is 0 Å². The number of aromatic nitrogens is 5. The number of ether oxygens (including phenoxy) is 1. The van der Waals surface area contributed by atoms with Gasteiger partial charge in [0.15, 0.2) is 5.65 Å². The summed E-state index contributed by atoms with van der Waals surface area (Å²) < 4.78 is 9.57. The topological polar surface area (TPSA) is 89.6 Å². The first kappa shape index (κ1) is 22.6. The molecule has 1 aliphatic carbocycles. The van der Waals surface area contributed by atoms with Crippen molar-refractivity contribution >= 4 is 17.6 Å². The Kier molecular flexibility index (Phi) is 5.24. The van der Waals surface area contributed by atoms with Gasteiger partial charge in [0.2, 0.25) is 0 Å². The number of benzene rings is 1. The summed E-state index contributed by atoms with van der Waals surface area (Å²) in [6, 6.07) is 12.0. The van der Waals surface area contributed by atoms with Crippen LogP contribution < -0.4 is 5.32 Å². The van der Waals surface area contributed by atoms with Gasteiger partial charge >= 0.3 is 6.09 Å². The number of hydrogen-bond acceptors (Lipinski definition) is 6. The summed E-state index contributed by atoms with van der Waals surface area (Å²) >= 11 is 0. The van der Waals surface area contributed by atoms with E-state index in [0.717, 1.165) is 59.7 Å². The van der Waals surface area contributed by atoms with Gasteiger partial charge in [0.05, 0.1) is 29.7 Å². The summed E-state index contributed by atoms with van der Waals surface area (Å²) in [7, 11) is 0. The maximum absolute atomic E-state index is 13.4. The lowest BCUT2D eigenvalue weighted by atomic mass is 9.92. The third-order valence-electron chi connectivity index (χ3n) is 7.14. The molecule has 4 heterocycles. The van der Waals surface area contributed by atoms with Crippen LogP contribution in [0.2, 0.25) is 0 Å². The van der Waals surface area contributed by atoms with E-state index in [1.165, 1.54) is 0 Å². The van der Waals surface area contributed by atoms with Crippen molar-refractivity contribution in [1.82, 2.24) is 29.3 Å². The summed E-state index contributed by atoms with van der Waals surface area (Å²) in [6.45, 7) is 6.74. The zero-order valence-corrected chi connectivity index (χ0v) is 20.9. The normalized spacial score (nSPS) is 16.6. The van der Waals surface area contributed by atoms with E-state index in [0.29, 0.717) is 13.1 Å². The number of hydrogen-bond donors (Lipinski definition) is 1. The summed E-state index contributed by atoms with van der Waals surface area (Å²) in [4.78, 5) is 20.4. The molecule has 1 amide bonds. The second-order valence-electron chi connectivity index (χ2n) is 10.6. The largest absolute Gasteiger partial charge is 0.444 e. The van der Waals surface area contributed by atoms with Crippen molar-refractivity contribution in [3.05, 3.63) is 71.8 Å². The van der Waals surface area contributed by atoms with Crippen molar-refractivity contribution in [2.24, 2.45) is 0 Å². The van der Waals surface area contributed by atoms with E-state index in [-0.39, 0.29) is 6.09 Å². The van der Waals surface area contributed by atoms with E-state index in [9.17, 15) is 4.79 Å². The molecule has 3 aromatic heterocycles. The molecule has 1 saturated carbocycles. The Labute approximate surface area is 210 Å². The van der Waals surface area contributed by atoms with Gasteiger partial charge in [-0.3, -0.25) is 4.90 Å². The minimum Gasteiger partial charge on any atom is -0.444 e. The van der Waals surface area contributed by atoms with Crippen LogP contribution in [-0.4, -0.2) is 41.0 Å². The average Bonchev–Trinajstić information content (AvgIpc) is 3.64. The Balaban J connectivity index is 1.41. The fourth-order valence-electron chi connectivity index (χ4n) is 5.63. The highest BCUT2D eigenvalue weighted by Gasteiger charge is 2.53. The third kappa shape index (κ3) is 3.70. The van der Waals surface area contributed by atoms with Crippen molar-refractivity contribution in [3.63, 3.8) is 0 Å². The van der Waals surface area contributed by atoms with Gasteiger partial charge in [-0.15, -0.1) is 0 Å². The van der Waals surface area contributed by atoms with Gasteiger partial charge in [-0.05, 0) is 51.3 Å². The Morgan fingerprint density at radius 1 is 1.08 bits per heavy atom. The van der Waals surface area contributed by atoms with Crippen molar-refractivity contribution in [3.8, 4) is 5.69 Å². The van der Waals surface area contributed by atoms with Crippen LogP contribution in [0, 0.1) is 0 Å². The van der Waals surface area contributed by atoms with E-state index in [1.807, 2.05) is 65.3 Å². The minimum atomic E-state index is -0.565. The minimum absolute atomic E-state index is 0.282. The number of carbonyl (C=O) groups excluding carboxylic acids is 1. The van der Waals surface area contributed by atoms with Crippen LogP contribution >= 0.6 is 0 Å². The number of fused-ring (bicyclic) bond motifs is 3. The van der Waals surface area contributed by atoms with Gasteiger partial charge in [0.25, 0.3) is 0 Å². The lowest BCUT2D eigenvalue weighted by molar-refractivity contribution is -0.00118. The first-order valence-corrected chi connectivity index (χ1v) is 12.6. The first-order valence-electron chi connectivity index (χ1n) is 12.6. The Bertz CT molecular complexity index is 1410. The Hall–Kier alpha value is -3.88. The molecule has 36 heavy (non-hydrogen) atoms. The summed E-state index contributed by atoms with van der Waals surface area (Å²) in [5, 5.41) is 12.6. The van der Waals surface area contributed by atoms with Gasteiger partial charge in [0.1, 0.15) is 11.4 Å². The van der Waals surface area contributed by atoms with Crippen LogP contribution in [0.4, 0.5) is 10.6 Å². The van der Waals surface area contributed by atoms with Crippen molar-refractivity contribution in [2.75, 3.05) is 5.32 Å². The smallest absolute Gasteiger partial charge is 0.411 e. The predicted molar refractivity (Wildman–Crippen MR) is 136 cm³/mol. The highest BCUT2D eigenvalue weighted by molar-refractivity contribution is 5.73. The lowest BCUT2D eigenvalue weighted by Gasteiger charge is -2.36. The van der Waals surface area contributed by atoms with Crippen LogP contribution in [0.1, 0.15) is 63.3 Å². The van der Waals surface area contributed by atoms with E-state index in [1.54, 1.807) is 12.4 Å². The molecule has 1 aromatic carbocycles. The number of para-hydroxylation sites is 1. The molecule has 9 nitrogen and oxygen atoms in total. The van der Waals surface area contributed by atoms with Crippen LogP contribution in [0.3, 0.4) is 0 Å². The summed E-state index contributed by atoms with van der Waals surface area (Å²) in [6.07, 6.45) is 9.10. The van der Waals surface area contributed by atoms with Gasteiger partial charge in [0, 0.05) is 30.6 Å². The van der Waals surface area contributed by atoms with Crippen LogP contribution in [0.15, 0.2) is 55.0 Å². The zero-order chi connectivity index (χ0) is 24.9. The van der Waals surface area contributed by atoms with Crippen LogP contribution in [-0.2, 0) is 23.4 Å². The van der Waals surface area contributed by atoms with E-state index < -0.39 is 11.1 Å². The molecule has 0 saturated heterocycles. The Morgan fingerprint density at radius 3 is 2.64 bits per heavy atom. The molecule has 9 heteroatoms. The standard InChI is InChI=1S/C27H31N7O2/c1-26(2,3)36-25(35)32-18-20-23(27(32)12-6-7-13-27)31-22-11-15-30-34(22)24(20)28-17-19-9-4-5-10-21(19)33-16-8-14-29-33/h4-5,8-11,14-16,28H,6-7,12-13,17-18H2,1-3H3. The maximum Gasteiger partial charge on any atom is 0.411 e. The van der Waals surface area contributed by atoms with Crippen LogP contribution in [0.25, 0.3) is 11.3 Å². The molecule has 1 fully saturated rings. The average molecular weight is 486 g/mol. The molecule has 1 aliphatic heterocycles. The van der Waals surface area contributed by atoms with Gasteiger partial charge in [-0.1, -0.05) is 31.0 Å². The van der Waals surface area contributed by atoms with Crippen molar-refractivity contribution in [2.45, 2.75) is 70.7 Å². The molecule has 0 unspecified atom stereocenters. The second kappa shape index (κ2) is 8.36. The fraction of sp³-hybridized carbons (Fsp3) is 0.407. The predicted octanol–water partition coefficient (Wildman–Crippen LogP) is 5.05. The van der Waals surface area contributed by atoms with Crippen molar-refractivity contribution in [1.29, 1.82) is 0 Å². The molecule has 0 bridgehead atoms. The number of rotatable bonds is 4. The van der Waals surface area contributed by atoms with E-state index in [4.69, 9.17) is 9.72 Å². The number of nitrogens with zero attached hydrogens (tertiary/aromatic N) is 6.